The molecule has 1 aliphatic carbocycles. The Kier molecular flexibility index (Phi) is 7.19. The average Bonchev–Trinajstić information content (AvgIpc) is 3.44. The van der Waals surface area contributed by atoms with E-state index in [9.17, 15) is 26.7 Å². The van der Waals surface area contributed by atoms with Crippen LogP contribution in [-0.4, -0.2) is 38.2 Å². The van der Waals surface area contributed by atoms with E-state index in [0.29, 0.717) is 0 Å². The second kappa shape index (κ2) is 9.98. The molecule has 0 unspecified atom stereocenters. The number of carbonyl (C=O) groups is 2. The van der Waals surface area contributed by atoms with E-state index in [-0.39, 0.29) is 53.3 Å². The number of aryl methyl sites for hydroxylation is 1. The molecule has 208 valence electrons. The molecule has 3 aromatic rings. The fourth-order valence-corrected chi connectivity index (χ4v) is 5.20. The van der Waals surface area contributed by atoms with Crippen molar-refractivity contribution < 1.29 is 41.0 Å². The number of halogens is 6. The van der Waals surface area contributed by atoms with Crippen molar-refractivity contribution in [3.63, 3.8) is 0 Å². The van der Waals surface area contributed by atoms with Gasteiger partial charge in [0.05, 0.1) is 12.1 Å². The third-order valence-electron chi connectivity index (χ3n) is 6.98. The van der Waals surface area contributed by atoms with Crippen LogP contribution < -0.4 is 10.6 Å². The summed E-state index contributed by atoms with van der Waals surface area (Å²) in [6.07, 6.45) is -6.94. The molecule has 3 N–H and O–H groups in total. The summed E-state index contributed by atoms with van der Waals surface area (Å²) in [6.45, 7) is -0.807. The number of nitrogens with two attached hydrogens (primary N) is 1. The van der Waals surface area contributed by atoms with Gasteiger partial charge in [0.25, 0.3) is 12.4 Å². The Balaban J connectivity index is 0.00000112. The summed E-state index contributed by atoms with van der Waals surface area (Å²) in [5.74, 6) is -3.90. The zero-order valence-electron chi connectivity index (χ0n) is 20.4. The number of rotatable bonds is 5. The van der Waals surface area contributed by atoms with Crippen molar-refractivity contribution in [2.24, 2.45) is 12.8 Å². The molecular weight excluding hydrogens is 532 g/mol. The molecule has 2 heterocycles. The van der Waals surface area contributed by atoms with Crippen LogP contribution in [0.5, 0.6) is 0 Å². The Bertz CT molecular complexity index is 1400. The molecule has 0 radical (unpaired) electrons. The number of anilines is 1. The number of nitrogens with zero attached hydrogens (tertiary/aromatic N) is 4. The quantitative estimate of drug-likeness (QED) is 0.353. The summed E-state index contributed by atoms with van der Waals surface area (Å²) in [4.78, 5) is 22.6. The number of benzene rings is 2. The molecule has 5 rings (SSSR count). The van der Waals surface area contributed by atoms with E-state index >= 15 is 4.39 Å². The van der Waals surface area contributed by atoms with Crippen molar-refractivity contribution in [1.29, 1.82) is 0 Å². The Morgan fingerprint density at radius 2 is 1.87 bits per heavy atom. The van der Waals surface area contributed by atoms with Crippen LogP contribution in [0.3, 0.4) is 0 Å². The summed E-state index contributed by atoms with van der Waals surface area (Å²) >= 11 is 0. The smallest absolute Gasteiger partial charge is 0.416 e. The standard InChI is InChI=1S/C24H21F6N5O.CH2O2/c1-34-12-32-33-20(34)19(25)22(10-23(26,27)11-22)14-3-2-4-15(7-14)35-9-17-16(21(35)36)5-13(8-31)6-18(17)24(28,29)30;2-1-3/h2-7,12,19H,8-11,31H2,1H3;1H,(H,2,3)/t19-;/m0./s1. The van der Waals surface area contributed by atoms with Gasteiger partial charge in [0.15, 0.2) is 12.0 Å². The molecule has 0 bridgehead atoms. The van der Waals surface area contributed by atoms with Gasteiger partial charge in [-0.2, -0.15) is 13.2 Å². The first-order chi connectivity index (χ1) is 18.3. The van der Waals surface area contributed by atoms with Gasteiger partial charge in [-0.3, -0.25) is 9.59 Å². The molecule has 2 aromatic carbocycles. The van der Waals surface area contributed by atoms with Crippen molar-refractivity contribution in [1.82, 2.24) is 14.8 Å². The van der Waals surface area contributed by atoms with Crippen LogP contribution >= 0.6 is 0 Å². The van der Waals surface area contributed by atoms with Gasteiger partial charge in [0.1, 0.15) is 6.33 Å². The highest BCUT2D eigenvalue weighted by Gasteiger charge is 2.62. The van der Waals surface area contributed by atoms with Gasteiger partial charge in [-0.1, -0.05) is 12.1 Å². The van der Waals surface area contributed by atoms with E-state index < -0.39 is 48.0 Å². The first-order valence-corrected chi connectivity index (χ1v) is 11.6. The van der Waals surface area contributed by atoms with Crippen molar-refractivity contribution in [2.75, 3.05) is 4.90 Å². The van der Waals surface area contributed by atoms with E-state index in [0.717, 1.165) is 11.0 Å². The lowest BCUT2D eigenvalue weighted by atomic mass is 9.59. The van der Waals surface area contributed by atoms with Crippen LogP contribution in [0.4, 0.5) is 32.0 Å². The Morgan fingerprint density at radius 3 is 2.41 bits per heavy atom. The minimum Gasteiger partial charge on any atom is -0.483 e. The lowest BCUT2D eigenvalue weighted by Crippen LogP contribution is -2.52. The molecule has 1 amide bonds. The number of alkyl halides is 6. The van der Waals surface area contributed by atoms with Gasteiger partial charge in [0.2, 0.25) is 5.92 Å². The largest absolute Gasteiger partial charge is 0.483 e. The van der Waals surface area contributed by atoms with Crippen LogP contribution in [0.25, 0.3) is 0 Å². The summed E-state index contributed by atoms with van der Waals surface area (Å²) in [5.41, 5.74) is 3.17. The number of carboxylic acid groups (broad SMARTS) is 1. The monoisotopic (exact) mass is 555 g/mol. The summed E-state index contributed by atoms with van der Waals surface area (Å²) < 4.78 is 86.4. The van der Waals surface area contributed by atoms with E-state index in [2.05, 4.69) is 10.2 Å². The molecule has 1 saturated carbocycles. The Labute approximate surface area is 218 Å². The molecule has 1 aliphatic heterocycles. The maximum Gasteiger partial charge on any atom is 0.416 e. The molecule has 2 aliphatic rings. The molecular formula is C25H23F6N5O3. The van der Waals surface area contributed by atoms with Crippen molar-refractivity contribution >= 4 is 18.1 Å². The second-order valence-corrected chi connectivity index (χ2v) is 9.45. The van der Waals surface area contributed by atoms with Crippen molar-refractivity contribution in [3.05, 3.63) is 76.4 Å². The maximum atomic E-state index is 15.8. The fraction of sp³-hybridized carbons (Fsp3) is 0.360. The van der Waals surface area contributed by atoms with Gasteiger partial charge >= 0.3 is 6.18 Å². The molecule has 39 heavy (non-hydrogen) atoms. The fourth-order valence-electron chi connectivity index (χ4n) is 5.20. The number of fused-ring (bicyclic) bond motifs is 1. The van der Waals surface area contributed by atoms with Crippen LogP contribution in [0.2, 0.25) is 0 Å². The highest BCUT2D eigenvalue weighted by atomic mass is 19.4. The van der Waals surface area contributed by atoms with Gasteiger partial charge in [-0.15, -0.1) is 10.2 Å². The predicted octanol–water partition coefficient (Wildman–Crippen LogP) is 4.53. The lowest BCUT2D eigenvalue weighted by Gasteiger charge is -2.49. The van der Waals surface area contributed by atoms with E-state index in [1.54, 1.807) is 0 Å². The predicted molar refractivity (Wildman–Crippen MR) is 126 cm³/mol. The molecule has 8 nitrogen and oxygen atoms in total. The number of hydrogen-bond donors (Lipinski definition) is 2. The minimum atomic E-state index is -4.70. The highest BCUT2D eigenvalue weighted by molar-refractivity contribution is 6.10. The number of carbonyl (C=O) groups excluding carboxylic acids is 1. The van der Waals surface area contributed by atoms with Gasteiger partial charge in [0, 0.05) is 43.1 Å². The van der Waals surface area contributed by atoms with Gasteiger partial charge in [-0.05, 0) is 41.0 Å². The van der Waals surface area contributed by atoms with Crippen molar-refractivity contribution in [3.8, 4) is 0 Å². The molecule has 0 spiro atoms. The summed E-state index contributed by atoms with van der Waals surface area (Å²) in [7, 11) is 1.50. The average molecular weight is 555 g/mol. The van der Waals surface area contributed by atoms with Gasteiger partial charge < -0.3 is 20.3 Å². The topological polar surface area (TPSA) is 114 Å². The van der Waals surface area contributed by atoms with Crippen LogP contribution in [0.15, 0.2) is 42.7 Å². The third-order valence-corrected chi connectivity index (χ3v) is 6.98. The maximum absolute atomic E-state index is 15.8. The third kappa shape index (κ3) is 4.95. The number of amides is 1. The molecule has 0 saturated heterocycles. The lowest BCUT2D eigenvalue weighted by molar-refractivity contribution is -0.151. The first kappa shape index (κ1) is 28.1. The summed E-state index contributed by atoms with van der Waals surface area (Å²) in [6, 6.07) is 8.06. The first-order valence-electron chi connectivity index (χ1n) is 11.6. The highest BCUT2D eigenvalue weighted by Crippen LogP contribution is 2.60. The normalized spacial score (nSPS) is 18.1. The summed E-state index contributed by atoms with van der Waals surface area (Å²) in [5, 5.41) is 14.3. The number of aromatic nitrogens is 3. The zero-order chi connectivity index (χ0) is 28.8. The number of hydrogen-bond acceptors (Lipinski definition) is 5. The van der Waals surface area contributed by atoms with Gasteiger partial charge in [-0.25, -0.2) is 13.2 Å². The molecule has 14 heteroatoms. The Morgan fingerprint density at radius 1 is 1.21 bits per heavy atom. The van der Waals surface area contributed by atoms with Crippen LogP contribution in [0, 0.1) is 0 Å². The molecule has 1 aromatic heterocycles. The van der Waals surface area contributed by atoms with E-state index in [1.807, 2.05) is 0 Å². The van der Waals surface area contributed by atoms with Crippen LogP contribution in [-0.2, 0) is 36.5 Å². The minimum absolute atomic E-state index is 0.121. The van der Waals surface area contributed by atoms with E-state index in [1.165, 1.54) is 48.3 Å². The van der Waals surface area contributed by atoms with Crippen LogP contribution in [0.1, 0.15) is 57.4 Å². The Hall–Kier alpha value is -3.94. The SMILES string of the molecule is Cn1cnnc1[C@H](F)C1(c2cccc(N3Cc4c(cc(CN)cc4C(F)(F)F)C3=O)c2)CC(F)(F)C1.O=CO. The second-order valence-electron chi connectivity index (χ2n) is 9.45. The molecule has 1 fully saturated rings. The van der Waals surface area contributed by atoms with Crippen molar-refractivity contribution in [2.45, 2.75) is 49.6 Å². The van der Waals surface area contributed by atoms with E-state index in [4.69, 9.17) is 15.6 Å². The zero-order valence-corrected chi connectivity index (χ0v) is 20.4. The molecule has 1 atom stereocenters.